The van der Waals surface area contributed by atoms with Crippen molar-refractivity contribution in [1.82, 2.24) is 42.8 Å². The molecule has 0 fully saturated rings. The third-order valence-corrected chi connectivity index (χ3v) is 19.9. The van der Waals surface area contributed by atoms with Gasteiger partial charge in [-0.2, -0.15) is 13.2 Å². The van der Waals surface area contributed by atoms with E-state index in [-0.39, 0.29) is 22.7 Å². The van der Waals surface area contributed by atoms with Crippen molar-refractivity contribution in [3.05, 3.63) is 322 Å². The Morgan fingerprint density at radius 2 is 0.404 bits per heavy atom. The lowest BCUT2D eigenvalue weighted by atomic mass is 9.99. The quantitative estimate of drug-likeness (QED) is 0.144. The highest BCUT2D eigenvalue weighted by atomic mass is 19.4. The summed E-state index contributed by atoms with van der Waals surface area (Å²) in [6.45, 7) is 0. The van der Waals surface area contributed by atoms with Gasteiger partial charge in [-0.1, -0.05) is 158 Å². The highest BCUT2D eigenvalue weighted by Crippen LogP contribution is 2.56. The zero-order chi connectivity index (χ0) is 65.6. The van der Waals surface area contributed by atoms with Crippen molar-refractivity contribution in [3.8, 4) is 73.5 Å². The van der Waals surface area contributed by atoms with Gasteiger partial charge in [0.05, 0.1) is 106 Å². The van der Waals surface area contributed by atoms with Crippen molar-refractivity contribution in [2.75, 3.05) is 0 Å². The number of pyridine rings is 4. The van der Waals surface area contributed by atoms with E-state index < -0.39 is 11.7 Å². The Balaban J connectivity index is 1.12. The fraction of sp³-hybridized carbons (Fsp3) is 0.0115. The Morgan fingerprint density at radius 3 is 0.626 bits per heavy atom. The Bertz CT molecular complexity index is 6010. The van der Waals surface area contributed by atoms with Crippen LogP contribution >= 0.6 is 0 Å². The summed E-state index contributed by atoms with van der Waals surface area (Å²) in [6.07, 6.45) is 1.99. The molecule has 0 aliphatic carbocycles. The molecule has 12 heteroatoms. The van der Waals surface area contributed by atoms with Crippen molar-refractivity contribution < 1.29 is 13.2 Å². The van der Waals surface area contributed by atoms with E-state index in [0.29, 0.717) is 49.8 Å². The fourth-order valence-electron chi connectivity index (χ4n) is 15.8. The number of hydrogen-bond donors (Lipinski definition) is 0. The van der Waals surface area contributed by atoms with Crippen molar-refractivity contribution in [2.45, 2.75) is 6.18 Å². The Morgan fingerprint density at radius 1 is 0.202 bits per heavy atom. The van der Waals surface area contributed by atoms with Gasteiger partial charge in [-0.25, -0.2) is 0 Å². The van der Waals surface area contributed by atoms with E-state index >= 15 is 13.2 Å². The molecule has 11 aromatic carbocycles. The fourth-order valence-corrected chi connectivity index (χ4v) is 15.8. The third kappa shape index (κ3) is 8.42. The normalized spacial score (nSPS) is 12.2. The standard InChI is InChI=1S/C87H52F3N9/c88-87(89,90)81-82(95-71-31-7-1-21-57(71)58-22-2-8-32-72(58)95)84(98-77-41-37-53(67-27-13-17-45-91-67)49-63(77)64-50-54(38-42-78(64)98)68-28-14-18-46-92-68)86(97-75-35-11-5-25-61(75)62-26-6-12-36-76(62)97)85(83(81)96-73-33-9-3-23-59(73)60-24-4-10-34-74(60)96)99-79-43-39-55(69-29-15-19-47-93-69)51-65(79)66-52-56(40-44-80(66)99)70-30-16-20-48-94-70/h1-52H. The summed E-state index contributed by atoms with van der Waals surface area (Å²) < 4.78 is 68.7. The van der Waals surface area contributed by atoms with E-state index in [4.69, 9.17) is 19.9 Å². The van der Waals surface area contributed by atoms with Crippen molar-refractivity contribution in [2.24, 2.45) is 0 Å². The van der Waals surface area contributed by atoms with Gasteiger partial charge in [0, 0.05) is 101 Å². The molecule has 0 amide bonds. The second kappa shape index (κ2) is 21.7. The number of para-hydroxylation sites is 6. The van der Waals surface area contributed by atoms with Gasteiger partial charge in [-0.05, 0) is 133 Å². The number of nitrogens with zero attached hydrogens (tertiary/aromatic N) is 9. The molecule has 0 aliphatic rings. The maximum atomic E-state index is 19.5. The zero-order valence-corrected chi connectivity index (χ0v) is 52.7. The van der Waals surface area contributed by atoms with Crippen LogP contribution in [0.5, 0.6) is 0 Å². The van der Waals surface area contributed by atoms with Gasteiger partial charge >= 0.3 is 6.18 Å². The van der Waals surface area contributed by atoms with Gasteiger partial charge in [0.15, 0.2) is 0 Å². The van der Waals surface area contributed by atoms with Crippen LogP contribution in [0.15, 0.2) is 316 Å². The number of benzene rings is 11. The second-order valence-electron chi connectivity index (χ2n) is 25.2. The molecule has 0 saturated heterocycles. The molecular weight excluding hydrogens is 1230 g/mol. The molecule has 0 N–H and O–H groups in total. The van der Waals surface area contributed by atoms with Crippen LogP contribution < -0.4 is 0 Å². The first-order valence-electron chi connectivity index (χ1n) is 32.9. The first-order chi connectivity index (χ1) is 48.8. The van der Waals surface area contributed by atoms with Crippen LogP contribution in [-0.4, -0.2) is 42.8 Å². The molecule has 466 valence electrons. The number of rotatable bonds is 9. The van der Waals surface area contributed by atoms with Crippen molar-refractivity contribution in [3.63, 3.8) is 0 Å². The average molecular weight is 1280 g/mol. The van der Waals surface area contributed by atoms with Crippen LogP contribution in [0.2, 0.25) is 0 Å². The molecule has 99 heavy (non-hydrogen) atoms. The van der Waals surface area contributed by atoms with Crippen LogP contribution in [0.1, 0.15) is 5.56 Å². The summed E-state index contributed by atoms with van der Waals surface area (Å²) in [5, 5.41) is 8.23. The van der Waals surface area contributed by atoms with Gasteiger partial charge in [-0.3, -0.25) is 19.9 Å². The second-order valence-corrected chi connectivity index (χ2v) is 25.2. The SMILES string of the molecule is FC(F)(F)c1c(-n2c3ccccc3c3ccccc32)c(-n2c3ccc(-c4ccccn4)cc3c3cc(-c4ccccn4)ccc32)c(-n2c3ccccc3c3ccccc32)c(-n2c3ccc(-c4ccccn4)cc3c3cc(-c4ccccn4)ccc32)c1-n1c2ccccc2c2ccccc21. The van der Waals surface area contributed by atoms with E-state index in [0.717, 1.165) is 110 Å². The van der Waals surface area contributed by atoms with Crippen LogP contribution in [0, 0.1) is 0 Å². The monoisotopic (exact) mass is 1280 g/mol. The lowest BCUT2D eigenvalue weighted by Gasteiger charge is -2.32. The topological polar surface area (TPSA) is 76.2 Å². The molecular formula is C87H52F3N9. The molecule has 9 aromatic heterocycles. The Kier molecular flexibility index (Phi) is 12.3. The lowest BCUT2D eigenvalue weighted by Crippen LogP contribution is -2.23. The lowest BCUT2D eigenvalue weighted by molar-refractivity contribution is -0.137. The average Bonchev–Trinajstić information content (AvgIpc) is 1.57. The van der Waals surface area contributed by atoms with Crippen LogP contribution in [0.25, 0.3) is 182 Å². The molecule has 0 bridgehead atoms. The van der Waals surface area contributed by atoms with Gasteiger partial charge in [0.2, 0.25) is 0 Å². The first kappa shape index (κ1) is 56.2. The molecule has 0 atom stereocenters. The summed E-state index contributed by atoms with van der Waals surface area (Å²) >= 11 is 0. The maximum Gasteiger partial charge on any atom is 0.420 e. The summed E-state index contributed by atoms with van der Waals surface area (Å²) in [4.78, 5) is 19.5. The highest BCUT2D eigenvalue weighted by molar-refractivity contribution is 6.19. The van der Waals surface area contributed by atoms with Crippen molar-refractivity contribution >= 4 is 109 Å². The van der Waals surface area contributed by atoms with Gasteiger partial charge in [0.1, 0.15) is 5.56 Å². The number of halogens is 3. The minimum atomic E-state index is -5.14. The minimum Gasteiger partial charge on any atom is -0.306 e. The van der Waals surface area contributed by atoms with E-state index in [1.807, 2.05) is 228 Å². The number of hydrogen-bond acceptors (Lipinski definition) is 4. The molecule has 0 aliphatic heterocycles. The molecule has 9 heterocycles. The third-order valence-electron chi connectivity index (χ3n) is 19.9. The molecule has 9 nitrogen and oxygen atoms in total. The molecule has 20 rings (SSSR count). The predicted molar refractivity (Wildman–Crippen MR) is 396 cm³/mol. The number of fused-ring (bicyclic) bond motifs is 15. The summed E-state index contributed by atoms with van der Waals surface area (Å²) in [6, 6.07) is 96.5. The molecule has 0 saturated carbocycles. The van der Waals surface area contributed by atoms with Crippen molar-refractivity contribution in [1.29, 1.82) is 0 Å². The summed E-state index contributed by atoms with van der Waals surface area (Å²) in [5.74, 6) is 0. The van der Waals surface area contributed by atoms with E-state index in [1.54, 1.807) is 24.8 Å². The van der Waals surface area contributed by atoms with Crippen LogP contribution in [0.4, 0.5) is 13.2 Å². The molecule has 0 spiro atoms. The van der Waals surface area contributed by atoms with Gasteiger partial charge in [0.25, 0.3) is 0 Å². The Hall–Kier alpha value is -13.2. The summed E-state index contributed by atoms with van der Waals surface area (Å²) in [5.41, 5.74) is 13.0. The highest BCUT2D eigenvalue weighted by Gasteiger charge is 2.46. The van der Waals surface area contributed by atoms with E-state index in [9.17, 15) is 0 Å². The summed E-state index contributed by atoms with van der Waals surface area (Å²) in [7, 11) is 0. The van der Waals surface area contributed by atoms with E-state index in [2.05, 4.69) is 86.5 Å². The first-order valence-corrected chi connectivity index (χ1v) is 32.9. The van der Waals surface area contributed by atoms with Gasteiger partial charge in [-0.15, -0.1) is 0 Å². The largest absolute Gasteiger partial charge is 0.420 e. The molecule has 20 aromatic rings. The molecule has 0 unspecified atom stereocenters. The minimum absolute atomic E-state index is 0.0746. The smallest absolute Gasteiger partial charge is 0.306 e. The Labute approximate surface area is 563 Å². The van der Waals surface area contributed by atoms with Gasteiger partial charge < -0.3 is 22.8 Å². The predicted octanol–water partition coefficient (Wildman–Crippen LogP) is 22.4. The number of aromatic nitrogens is 9. The van der Waals surface area contributed by atoms with Crippen LogP contribution in [-0.2, 0) is 6.18 Å². The van der Waals surface area contributed by atoms with Crippen LogP contribution in [0.3, 0.4) is 0 Å². The van der Waals surface area contributed by atoms with E-state index in [1.165, 1.54) is 0 Å². The number of alkyl halides is 3. The maximum absolute atomic E-state index is 19.5. The molecule has 0 radical (unpaired) electrons. The zero-order valence-electron chi connectivity index (χ0n) is 52.7.